The van der Waals surface area contributed by atoms with Crippen LogP contribution >= 0.6 is 12.6 Å². The van der Waals surface area contributed by atoms with Gasteiger partial charge in [0, 0.05) is 4.90 Å². The lowest BCUT2D eigenvalue weighted by Crippen LogP contribution is -1.81. The summed E-state index contributed by atoms with van der Waals surface area (Å²) < 4.78 is 5.14. The molecule has 66 valence electrons. The Morgan fingerprint density at radius 1 is 1.00 bits per heavy atom. The second kappa shape index (κ2) is 3.30. The summed E-state index contributed by atoms with van der Waals surface area (Å²) in [7, 11) is 1.67. The predicted molar refractivity (Wildman–Crippen MR) is 57.8 cm³/mol. The van der Waals surface area contributed by atoms with Gasteiger partial charge in [0.2, 0.25) is 0 Å². The van der Waals surface area contributed by atoms with Gasteiger partial charge in [0.25, 0.3) is 0 Å². The van der Waals surface area contributed by atoms with Crippen molar-refractivity contribution in [1.82, 2.24) is 0 Å². The summed E-state index contributed by atoms with van der Waals surface area (Å²) in [5.74, 6) is 0.881. The summed E-state index contributed by atoms with van der Waals surface area (Å²) >= 11 is 4.28. The number of ether oxygens (including phenoxy) is 1. The molecule has 0 N–H and O–H groups in total. The summed E-state index contributed by atoms with van der Waals surface area (Å²) in [5, 5.41) is 2.37. The van der Waals surface area contributed by atoms with Crippen molar-refractivity contribution in [3.05, 3.63) is 36.4 Å². The van der Waals surface area contributed by atoms with Gasteiger partial charge in [0.1, 0.15) is 5.75 Å². The number of thiol groups is 1. The van der Waals surface area contributed by atoms with Crippen molar-refractivity contribution in [1.29, 1.82) is 0 Å². The fourth-order valence-corrected chi connectivity index (χ4v) is 1.55. The minimum Gasteiger partial charge on any atom is -0.497 e. The van der Waals surface area contributed by atoms with E-state index in [-0.39, 0.29) is 0 Å². The van der Waals surface area contributed by atoms with Crippen LogP contribution in [0.25, 0.3) is 10.8 Å². The molecule has 13 heavy (non-hydrogen) atoms. The third kappa shape index (κ3) is 1.63. The van der Waals surface area contributed by atoms with Crippen molar-refractivity contribution >= 4 is 23.4 Å². The van der Waals surface area contributed by atoms with Crippen LogP contribution in [-0.4, -0.2) is 7.11 Å². The fourth-order valence-electron chi connectivity index (χ4n) is 1.34. The molecule has 0 aromatic heterocycles. The maximum absolute atomic E-state index is 5.14. The molecule has 1 nitrogen and oxygen atoms in total. The molecule has 0 aliphatic heterocycles. The van der Waals surface area contributed by atoms with Gasteiger partial charge in [-0.15, -0.1) is 12.6 Å². The van der Waals surface area contributed by atoms with E-state index >= 15 is 0 Å². The third-order valence-electron chi connectivity index (χ3n) is 2.03. The summed E-state index contributed by atoms with van der Waals surface area (Å²) in [6.07, 6.45) is 0. The van der Waals surface area contributed by atoms with Gasteiger partial charge >= 0.3 is 0 Å². The average molecular weight is 190 g/mol. The highest BCUT2D eigenvalue weighted by molar-refractivity contribution is 7.80. The first kappa shape index (κ1) is 8.45. The molecule has 2 aromatic carbocycles. The summed E-state index contributed by atoms with van der Waals surface area (Å²) in [5.41, 5.74) is 0. The molecule has 0 spiro atoms. The summed E-state index contributed by atoms with van der Waals surface area (Å²) in [6, 6.07) is 12.1. The molecule has 0 aliphatic rings. The van der Waals surface area contributed by atoms with E-state index in [0.717, 1.165) is 16.0 Å². The van der Waals surface area contributed by atoms with Crippen molar-refractivity contribution in [2.45, 2.75) is 4.90 Å². The Morgan fingerprint density at radius 3 is 2.54 bits per heavy atom. The standard InChI is InChI=1S/C11H10OS/c1-12-10-4-2-8-3-5-11(13)7-9(8)6-10/h2-7,13H,1H3. The highest BCUT2D eigenvalue weighted by Gasteiger charge is 1.95. The van der Waals surface area contributed by atoms with E-state index in [0.29, 0.717) is 0 Å². The van der Waals surface area contributed by atoms with Crippen LogP contribution in [0.2, 0.25) is 0 Å². The number of hydrogen-bond donors (Lipinski definition) is 1. The molecule has 0 bridgehead atoms. The molecule has 0 saturated carbocycles. The summed E-state index contributed by atoms with van der Waals surface area (Å²) in [6.45, 7) is 0. The smallest absolute Gasteiger partial charge is 0.119 e. The van der Waals surface area contributed by atoms with Gasteiger partial charge in [-0.1, -0.05) is 12.1 Å². The quantitative estimate of drug-likeness (QED) is 0.680. The van der Waals surface area contributed by atoms with Crippen molar-refractivity contribution < 1.29 is 4.74 Å². The van der Waals surface area contributed by atoms with Gasteiger partial charge in [-0.05, 0) is 35.0 Å². The molecule has 0 heterocycles. The fraction of sp³-hybridized carbons (Fsp3) is 0.0909. The van der Waals surface area contributed by atoms with Crippen molar-refractivity contribution in [3.63, 3.8) is 0 Å². The second-order valence-electron chi connectivity index (χ2n) is 2.90. The Kier molecular flexibility index (Phi) is 2.15. The van der Waals surface area contributed by atoms with Gasteiger partial charge in [0.15, 0.2) is 0 Å². The van der Waals surface area contributed by atoms with Crippen LogP contribution in [0, 0.1) is 0 Å². The number of benzene rings is 2. The normalized spacial score (nSPS) is 10.3. The van der Waals surface area contributed by atoms with Crippen LogP contribution in [-0.2, 0) is 0 Å². The Labute approximate surface area is 82.7 Å². The minimum absolute atomic E-state index is 0.881. The molecule has 2 aromatic rings. The molecule has 0 saturated heterocycles. The maximum Gasteiger partial charge on any atom is 0.119 e. The van der Waals surface area contributed by atoms with E-state index in [9.17, 15) is 0 Å². The Balaban J connectivity index is 2.68. The molecule has 0 amide bonds. The third-order valence-corrected chi connectivity index (χ3v) is 2.31. The molecule has 2 heteroatoms. The van der Waals surface area contributed by atoms with E-state index in [4.69, 9.17) is 4.74 Å². The lowest BCUT2D eigenvalue weighted by molar-refractivity contribution is 0.415. The Bertz CT molecular complexity index is 437. The molecule has 0 fully saturated rings. The maximum atomic E-state index is 5.14. The first-order valence-corrected chi connectivity index (χ1v) is 4.51. The topological polar surface area (TPSA) is 9.23 Å². The van der Waals surface area contributed by atoms with Crippen molar-refractivity contribution in [3.8, 4) is 5.75 Å². The lowest BCUT2D eigenvalue weighted by Gasteiger charge is -2.02. The number of hydrogen-bond acceptors (Lipinski definition) is 2. The molecular formula is C11H10OS. The highest BCUT2D eigenvalue weighted by Crippen LogP contribution is 2.22. The predicted octanol–water partition coefficient (Wildman–Crippen LogP) is 3.14. The van der Waals surface area contributed by atoms with Crippen LogP contribution in [0.1, 0.15) is 0 Å². The van der Waals surface area contributed by atoms with E-state index in [2.05, 4.69) is 18.7 Å². The van der Waals surface area contributed by atoms with Crippen LogP contribution in [0.5, 0.6) is 5.75 Å². The molecule has 2 rings (SSSR count). The highest BCUT2D eigenvalue weighted by atomic mass is 32.1. The van der Waals surface area contributed by atoms with Gasteiger partial charge < -0.3 is 4.74 Å². The first-order valence-electron chi connectivity index (χ1n) is 4.06. The summed E-state index contributed by atoms with van der Waals surface area (Å²) in [4.78, 5) is 0.973. The second-order valence-corrected chi connectivity index (χ2v) is 3.41. The zero-order valence-corrected chi connectivity index (χ0v) is 8.21. The van der Waals surface area contributed by atoms with Gasteiger partial charge in [-0.25, -0.2) is 0 Å². The number of methoxy groups -OCH3 is 1. The van der Waals surface area contributed by atoms with E-state index in [1.54, 1.807) is 7.11 Å². The lowest BCUT2D eigenvalue weighted by atomic mass is 10.1. The van der Waals surface area contributed by atoms with Crippen LogP contribution in [0.3, 0.4) is 0 Å². The van der Waals surface area contributed by atoms with E-state index in [1.807, 2.05) is 30.3 Å². The van der Waals surface area contributed by atoms with Crippen molar-refractivity contribution in [2.75, 3.05) is 7.11 Å². The number of rotatable bonds is 1. The van der Waals surface area contributed by atoms with Gasteiger partial charge in [-0.2, -0.15) is 0 Å². The minimum atomic E-state index is 0.881. The monoisotopic (exact) mass is 190 g/mol. The Hall–Kier alpha value is -1.15. The zero-order valence-electron chi connectivity index (χ0n) is 7.32. The first-order chi connectivity index (χ1) is 6.29. The van der Waals surface area contributed by atoms with Crippen LogP contribution < -0.4 is 4.74 Å². The van der Waals surface area contributed by atoms with Gasteiger partial charge in [-0.3, -0.25) is 0 Å². The van der Waals surface area contributed by atoms with Gasteiger partial charge in [0.05, 0.1) is 7.11 Å². The van der Waals surface area contributed by atoms with Crippen LogP contribution in [0.15, 0.2) is 41.3 Å². The SMILES string of the molecule is COc1ccc2ccc(S)cc2c1. The van der Waals surface area contributed by atoms with E-state index in [1.165, 1.54) is 5.39 Å². The molecular weight excluding hydrogens is 180 g/mol. The van der Waals surface area contributed by atoms with E-state index < -0.39 is 0 Å². The molecule has 0 atom stereocenters. The van der Waals surface area contributed by atoms with Crippen molar-refractivity contribution in [2.24, 2.45) is 0 Å². The largest absolute Gasteiger partial charge is 0.497 e. The molecule has 0 aliphatic carbocycles. The molecule has 0 unspecified atom stereocenters. The number of fused-ring (bicyclic) bond motifs is 1. The van der Waals surface area contributed by atoms with Crippen LogP contribution in [0.4, 0.5) is 0 Å². The zero-order chi connectivity index (χ0) is 9.26. The Morgan fingerprint density at radius 2 is 1.77 bits per heavy atom. The average Bonchev–Trinajstić information content (AvgIpc) is 2.16. The molecule has 0 radical (unpaired) electrons.